The zero-order valence-corrected chi connectivity index (χ0v) is 10.3. The second-order valence-electron chi connectivity index (χ2n) is 4.69. The highest BCUT2D eigenvalue weighted by Crippen LogP contribution is 2.16. The van der Waals surface area contributed by atoms with Gasteiger partial charge in [0.25, 0.3) is 0 Å². The summed E-state index contributed by atoms with van der Waals surface area (Å²) in [6, 6.07) is 10.4. The molecule has 0 aliphatic carbocycles. The molecule has 0 aliphatic heterocycles. The number of benzene rings is 1. The van der Waals surface area contributed by atoms with Crippen LogP contribution in [0.2, 0.25) is 0 Å². The van der Waals surface area contributed by atoms with E-state index in [1.807, 2.05) is 19.9 Å². The Bertz CT molecular complexity index is 313. The molecule has 88 valence electrons. The molecule has 0 saturated heterocycles. The van der Waals surface area contributed by atoms with E-state index < -0.39 is 0 Å². The van der Waals surface area contributed by atoms with Crippen LogP contribution in [0, 0.1) is 5.92 Å². The van der Waals surface area contributed by atoms with E-state index in [-0.39, 0.29) is 12.0 Å². The van der Waals surface area contributed by atoms with Gasteiger partial charge in [-0.2, -0.15) is 0 Å². The molecule has 1 atom stereocenters. The van der Waals surface area contributed by atoms with E-state index in [4.69, 9.17) is 0 Å². The van der Waals surface area contributed by atoms with Crippen LogP contribution in [0.3, 0.4) is 0 Å². The predicted octanol–water partition coefficient (Wildman–Crippen LogP) is 3.58. The summed E-state index contributed by atoms with van der Waals surface area (Å²) in [7, 11) is 0. The fraction of sp³-hybridized carbons (Fsp3) is 0.467. The van der Waals surface area contributed by atoms with E-state index in [1.54, 1.807) is 0 Å². The van der Waals surface area contributed by atoms with Crippen molar-refractivity contribution in [1.29, 1.82) is 0 Å². The number of hydrogen-bond donors (Lipinski definition) is 1. The number of aliphatic hydroxyl groups excluding tert-OH is 1. The maximum Gasteiger partial charge on any atom is 0.0770 e. The molecule has 0 heterocycles. The Morgan fingerprint density at radius 2 is 1.88 bits per heavy atom. The van der Waals surface area contributed by atoms with Crippen molar-refractivity contribution < 1.29 is 5.11 Å². The van der Waals surface area contributed by atoms with Crippen molar-refractivity contribution in [1.82, 2.24) is 0 Å². The smallest absolute Gasteiger partial charge is 0.0770 e. The third-order valence-electron chi connectivity index (χ3n) is 2.86. The van der Waals surface area contributed by atoms with Crippen molar-refractivity contribution in [3.05, 3.63) is 48.0 Å². The van der Waals surface area contributed by atoms with Crippen molar-refractivity contribution in [2.45, 2.75) is 39.2 Å². The average Bonchev–Trinajstić information content (AvgIpc) is 2.29. The quantitative estimate of drug-likeness (QED) is 0.724. The zero-order valence-electron chi connectivity index (χ0n) is 10.3. The van der Waals surface area contributed by atoms with Gasteiger partial charge in [0.1, 0.15) is 0 Å². The first kappa shape index (κ1) is 13.0. The summed E-state index contributed by atoms with van der Waals surface area (Å²) in [5.74, 6) is 0.268. The van der Waals surface area contributed by atoms with Gasteiger partial charge in [0.15, 0.2) is 0 Å². The summed E-state index contributed by atoms with van der Waals surface area (Å²) in [5.41, 5.74) is 2.32. The van der Waals surface area contributed by atoms with Gasteiger partial charge in [-0.05, 0) is 36.3 Å². The highest BCUT2D eigenvalue weighted by atomic mass is 16.3. The lowest BCUT2D eigenvalue weighted by molar-refractivity contribution is 0.156. The number of aliphatic hydroxyl groups is 1. The largest absolute Gasteiger partial charge is 0.389 e. The third kappa shape index (κ3) is 4.19. The summed E-state index contributed by atoms with van der Waals surface area (Å²) in [6.07, 6.45) is 2.68. The van der Waals surface area contributed by atoms with Gasteiger partial charge in [-0.1, -0.05) is 50.8 Å². The Labute approximate surface area is 98.8 Å². The Kier molecular flexibility index (Phi) is 5.27. The van der Waals surface area contributed by atoms with E-state index in [0.29, 0.717) is 0 Å². The van der Waals surface area contributed by atoms with Crippen molar-refractivity contribution in [2.75, 3.05) is 0 Å². The van der Waals surface area contributed by atoms with E-state index in [9.17, 15) is 5.11 Å². The fourth-order valence-electron chi connectivity index (χ4n) is 1.78. The molecule has 0 spiro atoms. The molecule has 0 amide bonds. The van der Waals surface area contributed by atoms with Gasteiger partial charge in [0, 0.05) is 0 Å². The van der Waals surface area contributed by atoms with Gasteiger partial charge in [-0.15, -0.1) is 0 Å². The van der Waals surface area contributed by atoms with Crippen LogP contribution in [0.1, 0.15) is 32.3 Å². The Balaban J connectivity index is 2.28. The first-order valence-corrected chi connectivity index (χ1v) is 6.01. The second kappa shape index (κ2) is 6.49. The molecular formula is C15H22O. The lowest BCUT2D eigenvalue weighted by atomic mass is 9.95. The van der Waals surface area contributed by atoms with Crippen molar-refractivity contribution in [2.24, 2.45) is 5.92 Å². The first-order valence-electron chi connectivity index (χ1n) is 6.01. The third-order valence-corrected chi connectivity index (χ3v) is 2.86. The molecule has 1 heteroatoms. The molecule has 1 N–H and O–H groups in total. The van der Waals surface area contributed by atoms with Crippen molar-refractivity contribution in [3.8, 4) is 0 Å². The lowest BCUT2D eigenvalue weighted by Gasteiger charge is -2.17. The standard InChI is InChI=1S/C15H22O/c1-12(2)15(16)13(3)8-7-11-14-9-5-4-6-10-14/h4-6,9-10,12,15-16H,3,7-8,11H2,1-2H3. The SMILES string of the molecule is C=C(CCCc1ccccc1)C(O)C(C)C. The van der Waals surface area contributed by atoms with E-state index in [1.165, 1.54) is 5.56 Å². The normalized spacial score (nSPS) is 12.8. The molecule has 0 aliphatic rings. The number of aryl methyl sites for hydroxylation is 1. The highest BCUT2D eigenvalue weighted by Gasteiger charge is 2.12. The van der Waals surface area contributed by atoms with E-state index in [2.05, 4.69) is 30.8 Å². The molecule has 16 heavy (non-hydrogen) atoms. The highest BCUT2D eigenvalue weighted by molar-refractivity contribution is 5.15. The minimum absolute atomic E-state index is 0.268. The molecule has 0 radical (unpaired) electrons. The molecule has 1 nitrogen and oxygen atoms in total. The maximum absolute atomic E-state index is 9.79. The molecule has 0 saturated carbocycles. The molecule has 1 aromatic carbocycles. The second-order valence-corrected chi connectivity index (χ2v) is 4.69. The minimum Gasteiger partial charge on any atom is -0.389 e. The van der Waals surface area contributed by atoms with Gasteiger partial charge in [-0.25, -0.2) is 0 Å². The van der Waals surface area contributed by atoms with E-state index >= 15 is 0 Å². The molecule has 0 fully saturated rings. The molecule has 1 rings (SSSR count). The van der Waals surface area contributed by atoms with Gasteiger partial charge >= 0.3 is 0 Å². The monoisotopic (exact) mass is 218 g/mol. The zero-order chi connectivity index (χ0) is 12.0. The van der Waals surface area contributed by atoms with Gasteiger partial charge < -0.3 is 5.11 Å². The number of hydrogen-bond acceptors (Lipinski definition) is 1. The summed E-state index contributed by atoms with van der Waals surface area (Å²) in [5, 5.41) is 9.79. The van der Waals surface area contributed by atoms with Crippen LogP contribution in [0.25, 0.3) is 0 Å². The van der Waals surface area contributed by atoms with Crippen LogP contribution in [0.4, 0.5) is 0 Å². The number of rotatable bonds is 6. The topological polar surface area (TPSA) is 20.2 Å². The Hall–Kier alpha value is -1.08. The summed E-state index contributed by atoms with van der Waals surface area (Å²) in [4.78, 5) is 0. The van der Waals surface area contributed by atoms with Gasteiger partial charge in [0.2, 0.25) is 0 Å². The van der Waals surface area contributed by atoms with Crippen LogP contribution in [0.5, 0.6) is 0 Å². The molecule has 1 aromatic rings. The summed E-state index contributed by atoms with van der Waals surface area (Å²) >= 11 is 0. The van der Waals surface area contributed by atoms with Crippen LogP contribution in [-0.4, -0.2) is 11.2 Å². The van der Waals surface area contributed by atoms with Gasteiger partial charge in [0.05, 0.1) is 6.10 Å². The van der Waals surface area contributed by atoms with Crippen LogP contribution in [0.15, 0.2) is 42.5 Å². The first-order chi connectivity index (χ1) is 7.61. The van der Waals surface area contributed by atoms with Crippen LogP contribution in [-0.2, 0) is 6.42 Å². The predicted molar refractivity (Wildman–Crippen MR) is 69.4 cm³/mol. The van der Waals surface area contributed by atoms with Gasteiger partial charge in [-0.3, -0.25) is 0 Å². The molecular weight excluding hydrogens is 196 g/mol. The minimum atomic E-state index is -0.351. The van der Waals surface area contributed by atoms with E-state index in [0.717, 1.165) is 24.8 Å². The van der Waals surface area contributed by atoms with Crippen molar-refractivity contribution >= 4 is 0 Å². The lowest BCUT2D eigenvalue weighted by Crippen LogP contribution is -2.16. The maximum atomic E-state index is 9.79. The molecule has 0 aromatic heterocycles. The summed E-state index contributed by atoms with van der Waals surface area (Å²) in [6.45, 7) is 8.00. The van der Waals surface area contributed by atoms with Crippen molar-refractivity contribution in [3.63, 3.8) is 0 Å². The average molecular weight is 218 g/mol. The molecule has 1 unspecified atom stereocenters. The fourth-order valence-corrected chi connectivity index (χ4v) is 1.78. The van der Waals surface area contributed by atoms with Crippen LogP contribution < -0.4 is 0 Å². The summed E-state index contributed by atoms with van der Waals surface area (Å²) < 4.78 is 0. The Morgan fingerprint density at radius 1 is 1.25 bits per heavy atom. The Morgan fingerprint density at radius 3 is 2.44 bits per heavy atom. The molecule has 0 bridgehead atoms. The van der Waals surface area contributed by atoms with Crippen LogP contribution >= 0.6 is 0 Å².